The summed E-state index contributed by atoms with van der Waals surface area (Å²) in [5, 5.41) is 2.43. The number of hydrogen-bond donors (Lipinski definition) is 0. The normalized spacial score (nSPS) is 10.8. The molecule has 0 aliphatic rings. The van der Waals surface area contributed by atoms with E-state index < -0.39 is 0 Å². The maximum atomic E-state index is 6.09. The van der Waals surface area contributed by atoms with Gasteiger partial charge < -0.3 is 0 Å². The average Bonchev–Trinajstić information content (AvgIpc) is 2.51. The van der Waals surface area contributed by atoms with Crippen LogP contribution in [0.1, 0.15) is 0 Å². The first-order valence-corrected chi connectivity index (χ1v) is 8.54. The standard InChI is InChI=1S/C18H9Cl5/c19-14-5-12(6-15(20)9-14)10-1-3-11(4-2-10)13-7-16(21)18(23)17(22)8-13/h1-9H. The second-order valence-corrected chi connectivity index (χ2v) is 7.05. The Morgan fingerprint density at radius 1 is 0.435 bits per heavy atom. The first-order valence-electron chi connectivity index (χ1n) is 6.65. The van der Waals surface area contributed by atoms with Crippen molar-refractivity contribution in [2.75, 3.05) is 0 Å². The quantitative estimate of drug-likeness (QED) is 0.378. The van der Waals surface area contributed by atoms with E-state index >= 15 is 0 Å². The van der Waals surface area contributed by atoms with Crippen LogP contribution in [0.4, 0.5) is 0 Å². The predicted octanol–water partition coefficient (Wildman–Crippen LogP) is 8.29. The molecule has 0 saturated carbocycles. The molecule has 0 bridgehead atoms. The van der Waals surface area contributed by atoms with Gasteiger partial charge in [-0.1, -0.05) is 82.3 Å². The van der Waals surface area contributed by atoms with Crippen LogP contribution in [-0.2, 0) is 0 Å². The van der Waals surface area contributed by atoms with Gasteiger partial charge in [-0.05, 0) is 52.6 Å². The molecule has 0 atom stereocenters. The van der Waals surface area contributed by atoms with E-state index in [1.807, 2.05) is 36.4 Å². The van der Waals surface area contributed by atoms with Gasteiger partial charge in [0.25, 0.3) is 0 Å². The highest BCUT2D eigenvalue weighted by atomic mass is 35.5. The number of halogens is 5. The van der Waals surface area contributed by atoms with Crippen LogP contribution in [-0.4, -0.2) is 0 Å². The molecule has 0 nitrogen and oxygen atoms in total. The zero-order valence-corrected chi connectivity index (χ0v) is 15.4. The van der Waals surface area contributed by atoms with E-state index in [-0.39, 0.29) is 0 Å². The van der Waals surface area contributed by atoms with Crippen molar-refractivity contribution in [3.63, 3.8) is 0 Å². The van der Waals surface area contributed by atoms with Crippen LogP contribution in [0.3, 0.4) is 0 Å². The fourth-order valence-corrected chi connectivity index (χ4v) is 3.42. The fraction of sp³-hybridized carbons (Fsp3) is 0. The van der Waals surface area contributed by atoms with Gasteiger partial charge in [-0.15, -0.1) is 0 Å². The van der Waals surface area contributed by atoms with Crippen LogP contribution in [0, 0.1) is 0 Å². The predicted molar refractivity (Wildman–Crippen MR) is 102 cm³/mol. The van der Waals surface area contributed by atoms with E-state index in [2.05, 4.69) is 0 Å². The lowest BCUT2D eigenvalue weighted by Gasteiger charge is -2.08. The van der Waals surface area contributed by atoms with Gasteiger partial charge in [-0.3, -0.25) is 0 Å². The molecular formula is C18H9Cl5. The van der Waals surface area contributed by atoms with E-state index in [4.69, 9.17) is 58.0 Å². The SMILES string of the molecule is Clc1cc(Cl)cc(-c2ccc(-c3cc(Cl)c(Cl)c(Cl)c3)cc2)c1. The fourth-order valence-electron chi connectivity index (χ4n) is 2.30. The second kappa shape index (κ2) is 6.93. The van der Waals surface area contributed by atoms with Gasteiger partial charge in [0.2, 0.25) is 0 Å². The summed E-state index contributed by atoms with van der Waals surface area (Å²) in [7, 11) is 0. The molecule has 3 rings (SSSR count). The Bertz CT molecular complexity index is 826. The topological polar surface area (TPSA) is 0 Å². The van der Waals surface area contributed by atoms with Crippen LogP contribution in [0.5, 0.6) is 0 Å². The minimum absolute atomic E-state index is 0.363. The molecule has 0 unspecified atom stereocenters. The average molecular weight is 403 g/mol. The summed E-state index contributed by atoms with van der Waals surface area (Å²) in [6.07, 6.45) is 0. The third-order valence-electron chi connectivity index (χ3n) is 3.40. The number of rotatable bonds is 2. The summed E-state index contributed by atoms with van der Waals surface area (Å²) in [4.78, 5) is 0. The minimum atomic E-state index is 0.363. The molecule has 5 heteroatoms. The van der Waals surface area contributed by atoms with Crippen molar-refractivity contribution < 1.29 is 0 Å². The summed E-state index contributed by atoms with van der Waals surface area (Å²) >= 11 is 30.3. The van der Waals surface area contributed by atoms with Gasteiger partial charge in [0.15, 0.2) is 0 Å². The third-order valence-corrected chi connectivity index (χ3v) is 5.03. The summed E-state index contributed by atoms with van der Waals surface area (Å²) in [6.45, 7) is 0. The molecule has 0 saturated heterocycles. The van der Waals surface area contributed by atoms with Crippen molar-refractivity contribution in [1.82, 2.24) is 0 Å². The lowest BCUT2D eigenvalue weighted by molar-refractivity contribution is 1.59. The van der Waals surface area contributed by atoms with Gasteiger partial charge in [-0.25, -0.2) is 0 Å². The van der Waals surface area contributed by atoms with Gasteiger partial charge in [0, 0.05) is 10.0 Å². The molecule has 3 aromatic rings. The molecule has 23 heavy (non-hydrogen) atoms. The van der Waals surface area contributed by atoms with Crippen LogP contribution < -0.4 is 0 Å². The minimum Gasteiger partial charge on any atom is -0.0843 e. The molecule has 0 spiro atoms. The molecule has 0 fully saturated rings. The molecule has 0 aliphatic carbocycles. The van der Waals surface area contributed by atoms with E-state index in [9.17, 15) is 0 Å². The highest BCUT2D eigenvalue weighted by Crippen LogP contribution is 2.36. The zero-order chi connectivity index (χ0) is 16.6. The molecular weight excluding hydrogens is 393 g/mol. The van der Waals surface area contributed by atoms with Crippen LogP contribution >= 0.6 is 58.0 Å². The van der Waals surface area contributed by atoms with E-state index in [1.165, 1.54) is 0 Å². The molecule has 0 heterocycles. The van der Waals surface area contributed by atoms with Gasteiger partial charge in [-0.2, -0.15) is 0 Å². The Morgan fingerprint density at radius 2 is 0.826 bits per heavy atom. The van der Waals surface area contributed by atoms with Crippen molar-refractivity contribution in [2.24, 2.45) is 0 Å². The maximum Gasteiger partial charge on any atom is 0.0778 e. The van der Waals surface area contributed by atoms with Crippen molar-refractivity contribution in [2.45, 2.75) is 0 Å². The first kappa shape index (κ1) is 17.0. The molecule has 116 valence electrons. The number of hydrogen-bond acceptors (Lipinski definition) is 0. The summed E-state index contributed by atoms with van der Waals surface area (Å²) < 4.78 is 0. The van der Waals surface area contributed by atoms with E-state index in [0.717, 1.165) is 22.3 Å². The Hall–Kier alpha value is -0.890. The molecule has 0 aliphatic heterocycles. The monoisotopic (exact) mass is 400 g/mol. The molecule has 0 radical (unpaired) electrons. The molecule has 0 N–H and O–H groups in total. The van der Waals surface area contributed by atoms with Gasteiger partial charge >= 0.3 is 0 Å². The van der Waals surface area contributed by atoms with Crippen LogP contribution in [0.15, 0.2) is 54.6 Å². The Balaban J connectivity index is 1.99. The van der Waals surface area contributed by atoms with Crippen LogP contribution in [0.25, 0.3) is 22.3 Å². The lowest BCUT2D eigenvalue weighted by atomic mass is 10.0. The van der Waals surface area contributed by atoms with Crippen molar-refractivity contribution >= 4 is 58.0 Å². The highest BCUT2D eigenvalue weighted by Gasteiger charge is 2.08. The van der Waals surface area contributed by atoms with Crippen molar-refractivity contribution in [1.29, 1.82) is 0 Å². The summed E-state index contributed by atoms with van der Waals surface area (Å²) in [6, 6.07) is 17.0. The molecule has 0 amide bonds. The van der Waals surface area contributed by atoms with Gasteiger partial charge in [0.05, 0.1) is 15.1 Å². The Kier molecular flexibility index (Phi) is 5.10. The third kappa shape index (κ3) is 3.79. The second-order valence-electron chi connectivity index (χ2n) is 4.99. The highest BCUT2D eigenvalue weighted by molar-refractivity contribution is 6.48. The largest absolute Gasteiger partial charge is 0.0843 e. The molecule has 3 aromatic carbocycles. The maximum absolute atomic E-state index is 6.09. The molecule has 0 aromatic heterocycles. The Labute approximate surface area is 159 Å². The Morgan fingerprint density at radius 3 is 1.26 bits per heavy atom. The lowest BCUT2D eigenvalue weighted by Crippen LogP contribution is -1.83. The smallest absolute Gasteiger partial charge is 0.0778 e. The van der Waals surface area contributed by atoms with E-state index in [1.54, 1.807) is 18.2 Å². The van der Waals surface area contributed by atoms with Crippen molar-refractivity contribution in [3.05, 3.63) is 79.7 Å². The first-order chi connectivity index (χ1) is 10.9. The van der Waals surface area contributed by atoms with Crippen molar-refractivity contribution in [3.8, 4) is 22.3 Å². The van der Waals surface area contributed by atoms with Gasteiger partial charge in [0.1, 0.15) is 0 Å². The zero-order valence-electron chi connectivity index (χ0n) is 11.6. The van der Waals surface area contributed by atoms with E-state index in [0.29, 0.717) is 25.1 Å². The summed E-state index contributed by atoms with van der Waals surface area (Å²) in [5.74, 6) is 0. The number of benzene rings is 3. The van der Waals surface area contributed by atoms with Crippen LogP contribution in [0.2, 0.25) is 25.1 Å². The summed E-state index contributed by atoms with van der Waals surface area (Å²) in [5.41, 5.74) is 3.87.